The van der Waals surface area contributed by atoms with Crippen LogP contribution in [0.1, 0.15) is 87.3 Å². The highest BCUT2D eigenvalue weighted by Gasteiger charge is 2.29. The smallest absolute Gasteiger partial charge is 0.305 e. The summed E-state index contributed by atoms with van der Waals surface area (Å²) in [5, 5.41) is 18.1. The number of methoxy groups -OCH3 is 1. The minimum absolute atomic E-state index is 0. The van der Waals surface area contributed by atoms with E-state index in [2.05, 4.69) is 20.7 Å². The van der Waals surface area contributed by atoms with E-state index in [0.29, 0.717) is 43.9 Å². The lowest BCUT2D eigenvalue weighted by Crippen LogP contribution is -2.54. The van der Waals surface area contributed by atoms with Crippen LogP contribution in [0.4, 0.5) is 0 Å². The predicted octanol–water partition coefficient (Wildman–Crippen LogP) is 2.48. The van der Waals surface area contributed by atoms with Crippen molar-refractivity contribution >= 4 is 53.8 Å². The molecule has 50 heavy (non-hydrogen) atoms. The van der Waals surface area contributed by atoms with Crippen molar-refractivity contribution in [1.29, 1.82) is 0 Å². The maximum Gasteiger partial charge on any atom is 0.305 e. The summed E-state index contributed by atoms with van der Waals surface area (Å²) in [5.74, 6) is -0.816. The van der Waals surface area contributed by atoms with E-state index in [1.54, 1.807) is 24.1 Å². The van der Waals surface area contributed by atoms with E-state index in [1.165, 1.54) is 25.3 Å². The number of halogens is 1. The van der Waals surface area contributed by atoms with Crippen molar-refractivity contribution < 1.29 is 39.3 Å². The molecule has 8 N–H and O–H groups in total. The first-order chi connectivity index (χ1) is 22.9. The van der Waals surface area contributed by atoms with Gasteiger partial charge in [0.05, 0.1) is 19.7 Å². The molecule has 0 unspecified atom stereocenters. The highest BCUT2D eigenvalue weighted by atomic mass is 35.5. The Balaban J connectivity index is 0.0000120. The third kappa shape index (κ3) is 16.8. The molecule has 4 amide bonds. The second-order valence-corrected chi connectivity index (χ2v) is 13.9. The number of phenolic OH excluding ortho intramolecular Hbond substituents is 1. The van der Waals surface area contributed by atoms with Gasteiger partial charge in [-0.15, -0.1) is 12.4 Å². The van der Waals surface area contributed by atoms with Crippen molar-refractivity contribution in [3.8, 4) is 5.75 Å². The topological polar surface area (TPSA) is 212 Å². The molecule has 15 heteroatoms. The molecular formula is C35H60ClN5O8S. The molecule has 0 saturated heterocycles. The number of carbonyl (C=O) groups is 5. The van der Waals surface area contributed by atoms with Crippen LogP contribution in [0.5, 0.6) is 5.75 Å². The standard InChI is InChI=1S/C35H57N5O7S.ClH.H2O/c1-23-18-26(41)19-24(2)27(23)21-28(36)33(44)39-29(15-17-48-5)34(45)37-22-31(42)38-30(20-25-12-8-6-9-13-25)35(46)40(3)16-11-7-10-14-32(43)47-4;;/h18-19,25,28-30,41H,6-17,20-22,36H2,1-5H3,(H,37,45)(H,38,42)(H,39,44);1H;1H2/t28-,29-,30+;;/m1../s1. The van der Waals surface area contributed by atoms with E-state index in [4.69, 9.17) is 5.73 Å². The van der Waals surface area contributed by atoms with Crippen molar-refractivity contribution in [3.63, 3.8) is 0 Å². The monoisotopic (exact) mass is 745 g/mol. The molecule has 0 bridgehead atoms. The number of rotatable bonds is 20. The summed E-state index contributed by atoms with van der Waals surface area (Å²) in [5.41, 5.74) is 8.74. The number of phenols is 1. The van der Waals surface area contributed by atoms with Crippen LogP contribution in [-0.2, 0) is 35.1 Å². The van der Waals surface area contributed by atoms with Gasteiger partial charge in [-0.25, -0.2) is 0 Å². The number of carbonyl (C=O) groups excluding carboxylic acids is 5. The number of nitrogens with zero attached hydrogens (tertiary/aromatic N) is 1. The minimum Gasteiger partial charge on any atom is -0.508 e. The fraction of sp³-hybridized carbons (Fsp3) is 0.686. The normalized spacial score (nSPS) is 14.5. The van der Waals surface area contributed by atoms with Gasteiger partial charge in [-0.3, -0.25) is 24.0 Å². The van der Waals surface area contributed by atoms with Crippen molar-refractivity contribution in [1.82, 2.24) is 20.9 Å². The molecule has 1 aliphatic rings. The zero-order chi connectivity index (χ0) is 35.6. The van der Waals surface area contributed by atoms with Crippen LogP contribution in [0.25, 0.3) is 0 Å². The molecule has 0 aliphatic heterocycles. The fourth-order valence-corrected chi connectivity index (χ4v) is 6.65. The molecule has 1 aromatic rings. The second-order valence-electron chi connectivity index (χ2n) is 12.9. The number of hydrogen-bond donors (Lipinski definition) is 5. The van der Waals surface area contributed by atoms with Gasteiger partial charge in [0.25, 0.3) is 0 Å². The lowest BCUT2D eigenvalue weighted by atomic mass is 9.84. The maximum absolute atomic E-state index is 13.5. The third-order valence-corrected chi connectivity index (χ3v) is 9.66. The van der Waals surface area contributed by atoms with Gasteiger partial charge >= 0.3 is 5.97 Å². The van der Waals surface area contributed by atoms with E-state index in [-0.39, 0.29) is 48.5 Å². The number of aryl methyl sites for hydroxylation is 2. The Labute approximate surface area is 307 Å². The third-order valence-electron chi connectivity index (χ3n) is 9.01. The number of hydrogen-bond acceptors (Lipinski definition) is 9. The van der Waals surface area contributed by atoms with Crippen molar-refractivity contribution in [2.75, 3.05) is 39.3 Å². The van der Waals surface area contributed by atoms with Gasteiger partial charge in [0.15, 0.2) is 0 Å². The van der Waals surface area contributed by atoms with E-state index in [0.717, 1.165) is 55.2 Å². The van der Waals surface area contributed by atoms with Gasteiger partial charge in [0.2, 0.25) is 23.6 Å². The number of nitrogens with two attached hydrogens (primary N) is 1. The summed E-state index contributed by atoms with van der Waals surface area (Å²) < 4.78 is 4.68. The Bertz CT molecular complexity index is 1210. The van der Waals surface area contributed by atoms with Crippen LogP contribution >= 0.6 is 24.2 Å². The van der Waals surface area contributed by atoms with Gasteiger partial charge in [-0.1, -0.05) is 38.5 Å². The summed E-state index contributed by atoms with van der Waals surface area (Å²) in [4.78, 5) is 65.9. The number of nitrogens with one attached hydrogen (secondary N) is 3. The van der Waals surface area contributed by atoms with Crippen LogP contribution in [0, 0.1) is 19.8 Å². The molecule has 0 aromatic heterocycles. The summed E-state index contributed by atoms with van der Waals surface area (Å²) in [6.45, 7) is 3.84. The van der Waals surface area contributed by atoms with Crippen LogP contribution in [-0.4, -0.2) is 102 Å². The molecule has 2 rings (SSSR count). The number of benzene rings is 1. The van der Waals surface area contributed by atoms with Gasteiger partial charge in [0, 0.05) is 20.0 Å². The lowest BCUT2D eigenvalue weighted by Gasteiger charge is -2.29. The molecule has 1 aromatic carbocycles. The van der Waals surface area contributed by atoms with Gasteiger partial charge in [0.1, 0.15) is 17.8 Å². The Hall–Kier alpha value is -3.07. The van der Waals surface area contributed by atoms with Crippen LogP contribution in [0.2, 0.25) is 0 Å². The maximum atomic E-state index is 13.5. The number of unbranched alkanes of at least 4 members (excludes halogenated alkanes) is 2. The molecular weight excluding hydrogens is 686 g/mol. The van der Waals surface area contributed by atoms with Crippen molar-refractivity contribution in [2.45, 2.75) is 109 Å². The molecule has 3 atom stereocenters. The van der Waals surface area contributed by atoms with E-state index in [9.17, 15) is 29.1 Å². The van der Waals surface area contributed by atoms with E-state index in [1.807, 2.05) is 20.1 Å². The van der Waals surface area contributed by atoms with Gasteiger partial charge in [-0.05, 0) is 92.7 Å². The fourth-order valence-electron chi connectivity index (χ4n) is 6.18. The number of ether oxygens (including phenoxy) is 1. The van der Waals surface area contributed by atoms with Crippen molar-refractivity contribution in [2.24, 2.45) is 11.7 Å². The van der Waals surface area contributed by atoms with E-state index < -0.39 is 35.8 Å². The molecule has 1 saturated carbocycles. The number of esters is 1. The van der Waals surface area contributed by atoms with Crippen molar-refractivity contribution in [3.05, 3.63) is 28.8 Å². The molecule has 1 aliphatic carbocycles. The Morgan fingerprint density at radius 1 is 1.00 bits per heavy atom. The minimum atomic E-state index is -0.920. The summed E-state index contributed by atoms with van der Waals surface area (Å²) >= 11 is 1.53. The van der Waals surface area contributed by atoms with Crippen LogP contribution in [0.3, 0.4) is 0 Å². The molecule has 0 heterocycles. The second kappa shape index (κ2) is 25.0. The van der Waals surface area contributed by atoms with Crippen LogP contribution < -0.4 is 21.7 Å². The highest BCUT2D eigenvalue weighted by molar-refractivity contribution is 7.98. The van der Waals surface area contributed by atoms with Gasteiger partial charge in [-0.2, -0.15) is 11.8 Å². The lowest BCUT2D eigenvalue weighted by molar-refractivity contribution is -0.140. The Morgan fingerprint density at radius 2 is 1.64 bits per heavy atom. The zero-order valence-electron chi connectivity index (χ0n) is 30.3. The summed E-state index contributed by atoms with van der Waals surface area (Å²) in [6.07, 6.45) is 10.9. The summed E-state index contributed by atoms with van der Waals surface area (Å²) in [7, 11) is 3.08. The molecule has 0 radical (unpaired) electrons. The Morgan fingerprint density at radius 3 is 2.24 bits per heavy atom. The predicted molar refractivity (Wildman–Crippen MR) is 199 cm³/mol. The average Bonchev–Trinajstić information content (AvgIpc) is 3.06. The molecule has 1 fully saturated rings. The number of likely N-dealkylation sites (N-methyl/N-ethyl adjacent to an activating group) is 1. The van der Waals surface area contributed by atoms with E-state index >= 15 is 0 Å². The quantitative estimate of drug-likeness (QED) is 0.0979. The largest absolute Gasteiger partial charge is 0.508 e. The first-order valence-corrected chi connectivity index (χ1v) is 18.5. The highest BCUT2D eigenvalue weighted by Crippen LogP contribution is 2.28. The molecule has 286 valence electrons. The molecule has 0 spiro atoms. The summed E-state index contributed by atoms with van der Waals surface area (Å²) in [6, 6.07) is 0.712. The molecule has 13 nitrogen and oxygen atoms in total. The SMILES string of the molecule is COC(=O)CCCCCN(C)C(=O)[C@H](CC1CCCCC1)NC(=O)CNC(=O)[C@@H](CCSC)NC(=O)[C@H](N)Cc1c(C)cc(O)cc1C.Cl.O. The average molecular weight is 746 g/mol. The Kier molecular flexibility index (Phi) is 23.4. The number of thioether (sulfide) groups is 1. The van der Waals surface area contributed by atoms with Crippen LogP contribution in [0.15, 0.2) is 12.1 Å². The number of aromatic hydroxyl groups is 1. The number of amides is 4. The first-order valence-electron chi connectivity index (χ1n) is 17.1. The first kappa shape index (κ1) is 46.9. The van der Waals surface area contributed by atoms with Gasteiger partial charge < -0.3 is 41.9 Å². The zero-order valence-corrected chi connectivity index (χ0v) is 31.9.